The summed E-state index contributed by atoms with van der Waals surface area (Å²) in [5.74, 6) is -0.622. The zero-order chi connectivity index (χ0) is 15.6. The number of hydrogen-bond donors (Lipinski definition) is 3. The molecule has 1 aromatic heterocycles. The number of carbonyl (C=O) groups is 1. The predicted octanol–water partition coefficient (Wildman–Crippen LogP) is 2.25. The van der Waals surface area contributed by atoms with Crippen LogP contribution >= 0.6 is 0 Å². The summed E-state index contributed by atoms with van der Waals surface area (Å²) in [6.45, 7) is 0.247. The van der Waals surface area contributed by atoms with Gasteiger partial charge in [-0.25, -0.2) is 4.39 Å². The molecule has 6 heteroatoms. The Morgan fingerprint density at radius 2 is 2.00 bits per heavy atom. The number of aromatic amines is 1. The summed E-state index contributed by atoms with van der Waals surface area (Å²) in [6, 6.07) is 7.52. The fraction of sp³-hybridized carbons (Fsp3) is 0.375. The van der Waals surface area contributed by atoms with Gasteiger partial charge in [0.1, 0.15) is 11.5 Å². The number of amides is 1. The van der Waals surface area contributed by atoms with Gasteiger partial charge in [-0.3, -0.25) is 9.89 Å². The number of nitrogens with zero attached hydrogens (tertiary/aromatic N) is 1. The summed E-state index contributed by atoms with van der Waals surface area (Å²) >= 11 is 0. The molecular weight excluding hydrogens is 285 g/mol. The van der Waals surface area contributed by atoms with Gasteiger partial charge in [-0.05, 0) is 43.2 Å². The van der Waals surface area contributed by atoms with Crippen molar-refractivity contribution in [1.29, 1.82) is 0 Å². The zero-order valence-corrected chi connectivity index (χ0v) is 12.1. The SMILES string of the molecule is O=C(NCC1(O)CCCC1)c1cc(-c2ccc(F)cc2)n[nH]1. The summed E-state index contributed by atoms with van der Waals surface area (Å²) in [5.41, 5.74) is 0.840. The molecule has 3 N–H and O–H groups in total. The van der Waals surface area contributed by atoms with Crippen LogP contribution in [0.5, 0.6) is 0 Å². The van der Waals surface area contributed by atoms with Crippen molar-refractivity contribution in [3.8, 4) is 11.3 Å². The largest absolute Gasteiger partial charge is 0.388 e. The van der Waals surface area contributed by atoms with Crippen molar-refractivity contribution in [2.45, 2.75) is 31.3 Å². The number of aliphatic hydroxyl groups is 1. The highest BCUT2D eigenvalue weighted by Crippen LogP contribution is 2.28. The second kappa shape index (κ2) is 5.88. The summed E-state index contributed by atoms with van der Waals surface area (Å²) in [7, 11) is 0. The van der Waals surface area contributed by atoms with Gasteiger partial charge in [0, 0.05) is 12.1 Å². The third-order valence-corrected chi connectivity index (χ3v) is 4.07. The summed E-state index contributed by atoms with van der Waals surface area (Å²) in [4.78, 5) is 12.1. The minimum absolute atomic E-state index is 0.247. The molecule has 1 amide bonds. The predicted molar refractivity (Wildman–Crippen MR) is 79.7 cm³/mol. The average molecular weight is 303 g/mol. The van der Waals surface area contributed by atoms with Crippen LogP contribution in [0.2, 0.25) is 0 Å². The van der Waals surface area contributed by atoms with E-state index >= 15 is 0 Å². The molecule has 0 spiro atoms. The minimum Gasteiger partial charge on any atom is -0.388 e. The lowest BCUT2D eigenvalue weighted by Gasteiger charge is -2.21. The molecule has 1 saturated carbocycles. The van der Waals surface area contributed by atoms with Crippen LogP contribution in [-0.4, -0.2) is 33.4 Å². The van der Waals surface area contributed by atoms with Crippen LogP contribution in [0.4, 0.5) is 4.39 Å². The summed E-state index contributed by atoms with van der Waals surface area (Å²) < 4.78 is 12.9. The van der Waals surface area contributed by atoms with Crippen LogP contribution in [0, 0.1) is 5.82 Å². The minimum atomic E-state index is -0.782. The van der Waals surface area contributed by atoms with E-state index in [0.717, 1.165) is 31.2 Å². The fourth-order valence-electron chi connectivity index (χ4n) is 2.76. The number of aromatic nitrogens is 2. The van der Waals surface area contributed by atoms with Crippen molar-refractivity contribution in [3.63, 3.8) is 0 Å². The van der Waals surface area contributed by atoms with Gasteiger partial charge in [-0.1, -0.05) is 12.8 Å². The number of benzene rings is 1. The van der Waals surface area contributed by atoms with E-state index in [2.05, 4.69) is 15.5 Å². The Morgan fingerprint density at radius 3 is 2.68 bits per heavy atom. The number of nitrogens with one attached hydrogen (secondary N) is 2. The van der Waals surface area contributed by atoms with E-state index in [1.165, 1.54) is 12.1 Å². The molecule has 116 valence electrons. The Morgan fingerprint density at radius 1 is 1.32 bits per heavy atom. The van der Waals surface area contributed by atoms with Gasteiger partial charge < -0.3 is 10.4 Å². The third-order valence-electron chi connectivity index (χ3n) is 4.07. The molecular formula is C16H18FN3O2. The Balaban J connectivity index is 1.65. The number of hydrogen-bond acceptors (Lipinski definition) is 3. The molecule has 1 fully saturated rings. The van der Waals surface area contributed by atoms with E-state index in [1.54, 1.807) is 18.2 Å². The van der Waals surface area contributed by atoms with E-state index in [9.17, 15) is 14.3 Å². The molecule has 0 saturated heterocycles. The molecule has 0 unspecified atom stereocenters. The van der Waals surface area contributed by atoms with Crippen molar-refractivity contribution in [2.24, 2.45) is 0 Å². The molecule has 0 radical (unpaired) electrons. The molecule has 22 heavy (non-hydrogen) atoms. The molecule has 0 atom stereocenters. The average Bonchev–Trinajstić information content (AvgIpc) is 3.15. The van der Waals surface area contributed by atoms with E-state index in [1.807, 2.05) is 0 Å². The number of rotatable bonds is 4. The van der Waals surface area contributed by atoms with Gasteiger partial charge in [-0.2, -0.15) is 5.10 Å². The lowest BCUT2D eigenvalue weighted by atomic mass is 10.0. The maximum absolute atomic E-state index is 12.9. The first-order valence-electron chi connectivity index (χ1n) is 7.38. The lowest BCUT2D eigenvalue weighted by Crippen LogP contribution is -2.40. The second-order valence-electron chi connectivity index (χ2n) is 5.79. The van der Waals surface area contributed by atoms with Crippen LogP contribution in [0.25, 0.3) is 11.3 Å². The first-order chi connectivity index (χ1) is 10.6. The fourth-order valence-corrected chi connectivity index (χ4v) is 2.76. The Bertz CT molecular complexity index is 660. The maximum atomic E-state index is 12.9. The van der Waals surface area contributed by atoms with Gasteiger partial charge in [0.05, 0.1) is 11.3 Å². The monoisotopic (exact) mass is 303 g/mol. The van der Waals surface area contributed by atoms with Crippen LogP contribution in [-0.2, 0) is 0 Å². The van der Waals surface area contributed by atoms with E-state index in [0.29, 0.717) is 11.4 Å². The van der Waals surface area contributed by atoms with Crippen LogP contribution in [0.1, 0.15) is 36.2 Å². The zero-order valence-electron chi connectivity index (χ0n) is 12.1. The molecule has 1 aromatic carbocycles. The van der Waals surface area contributed by atoms with E-state index in [4.69, 9.17) is 0 Å². The van der Waals surface area contributed by atoms with Gasteiger partial charge >= 0.3 is 0 Å². The first-order valence-corrected chi connectivity index (χ1v) is 7.38. The van der Waals surface area contributed by atoms with E-state index < -0.39 is 5.60 Å². The number of H-pyrrole nitrogens is 1. The standard InChI is InChI=1S/C16H18FN3O2/c17-12-5-3-11(4-6-12)13-9-14(20-19-13)15(21)18-10-16(22)7-1-2-8-16/h3-6,9,22H,1-2,7-8,10H2,(H,18,21)(H,19,20). The molecule has 0 aliphatic heterocycles. The Hall–Kier alpha value is -2.21. The van der Waals surface area contributed by atoms with Gasteiger partial charge in [0.25, 0.3) is 5.91 Å². The molecule has 3 rings (SSSR count). The van der Waals surface area contributed by atoms with Crippen molar-refractivity contribution >= 4 is 5.91 Å². The summed E-state index contributed by atoms with van der Waals surface area (Å²) in [6.07, 6.45) is 3.42. The normalized spacial score (nSPS) is 16.6. The Kier molecular flexibility index (Phi) is 3.94. The van der Waals surface area contributed by atoms with Crippen LogP contribution in [0.3, 0.4) is 0 Å². The molecule has 1 aliphatic carbocycles. The smallest absolute Gasteiger partial charge is 0.269 e. The molecule has 5 nitrogen and oxygen atoms in total. The first kappa shape index (κ1) is 14.7. The molecule has 1 aliphatic rings. The number of halogens is 1. The van der Waals surface area contributed by atoms with Gasteiger partial charge in [0.15, 0.2) is 0 Å². The quantitative estimate of drug-likeness (QED) is 0.810. The molecule has 0 bridgehead atoms. The van der Waals surface area contributed by atoms with Crippen molar-refractivity contribution in [3.05, 3.63) is 41.8 Å². The van der Waals surface area contributed by atoms with Crippen LogP contribution in [0.15, 0.2) is 30.3 Å². The highest BCUT2D eigenvalue weighted by atomic mass is 19.1. The van der Waals surface area contributed by atoms with Gasteiger partial charge in [0.2, 0.25) is 0 Å². The van der Waals surface area contributed by atoms with Crippen molar-refractivity contribution in [2.75, 3.05) is 6.54 Å². The lowest BCUT2D eigenvalue weighted by molar-refractivity contribution is 0.0448. The van der Waals surface area contributed by atoms with Crippen LogP contribution < -0.4 is 5.32 Å². The third kappa shape index (κ3) is 3.17. The molecule has 1 heterocycles. The van der Waals surface area contributed by atoms with E-state index in [-0.39, 0.29) is 18.3 Å². The highest BCUT2D eigenvalue weighted by Gasteiger charge is 2.31. The van der Waals surface area contributed by atoms with Gasteiger partial charge in [-0.15, -0.1) is 0 Å². The van der Waals surface area contributed by atoms with Crippen molar-refractivity contribution in [1.82, 2.24) is 15.5 Å². The highest BCUT2D eigenvalue weighted by molar-refractivity contribution is 5.93. The maximum Gasteiger partial charge on any atom is 0.269 e. The summed E-state index contributed by atoms with van der Waals surface area (Å²) in [5, 5.41) is 19.7. The topological polar surface area (TPSA) is 78.0 Å². The second-order valence-corrected chi connectivity index (χ2v) is 5.79. The number of carbonyl (C=O) groups excluding carboxylic acids is 1. The van der Waals surface area contributed by atoms with Crippen molar-refractivity contribution < 1.29 is 14.3 Å². The molecule has 2 aromatic rings. The Labute approximate surface area is 127 Å².